The van der Waals surface area contributed by atoms with E-state index in [1.807, 2.05) is 0 Å². The largest absolute Gasteiger partial charge is 0.297 e. The summed E-state index contributed by atoms with van der Waals surface area (Å²) in [5.74, 6) is 0. The van der Waals surface area contributed by atoms with E-state index in [0.29, 0.717) is 11.3 Å². The van der Waals surface area contributed by atoms with E-state index in [4.69, 9.17) is 11.6 Å². The van der Waals surface area contributed by atoms with Gasteiger partial charge in [-0.3, -0.25) is 4.79 Å². The summed E-state index contributed by atoms with van der Waals surface area (Å²) in [7, 11) is 0. The molecule has 0 aromatic heterocycles. The fourth-order valence-electron chi connectivity index (χ4n) is 0.682. The zero-order chi connectivity index (χ0) is 7.82. The molecule has 0 heterocycles. The zero-order valence-electron chi connectivity index (χ0n) is 6.27. The van der Waals surface area contributed by atoms with Gasteiger partial charge in [0.2, 0.25) is 0 Å². The van der Waals surface area contributed by atoms with Crippen molar-refractivity contribution in [3.8, 4) is 0 Å². The Morgan fingerprint density at radius 2 is 2.20 bits per heavy atom. The van der Waals surface area contributed by atoms with Crippen molar-refractivity contribution in [3.63, 3.8) is 0 Å². The third-order valence-electron chi connectivity index (χ3n) is 1.26. The SMILES string of the molecule is CCCCC/C=C(\Cl)C=O. The topological polar surface area (TPSA) is 17.1 Å². The Hall–Kier alpha value is -0.300. The predicted octanol–water partition coefficient (Wildman–Crippen LogP) is 2.89. The van der Waals surface area contributed by atoms with Crippen molar-refractivity contribution in [1.82, 2.24) is 0 Å². The molecule has 0 aromatic rings. The lowest BCUT2D eigenvalue weighted by molar-refractivity contribution is -0.104. The minimum Gasteiger partial charge on any atom is -0.297 e. The predicted molar refractivity (Wildman–Crippen MR) is 44.1 cm³/mol. The minimum atomic E-state index is 0.330. The Morgan fingerprint density at radius 1 is 1.50 bits per heavy atom. The van der Waals surface area contributed by atoms with Gasteiger partial charge in [-0.1, -0.05) is 37.4 Å². The number of hydrogen-bond donors (Lipinski definition) is 0. The normalized spacial score (nSPS) is 11.6. The standard InChI is InChI=1S/C8H13ClO/c1-2-3-4-5-6-8(9)7-10/h6-7H,2-5H2,1H3/b8-6-. The van der Waals surface area contributed by atoms with E-state index in [9.17, 15) is 4.79 Å². The zero-order valence-corrected chi connectivity index (χ0v) is 7.03. The number of unbranched alkanes of at least 4 members (excludes halogenated alkanes) is 3. The molecule has 0 unspecified atom stereocenters. The highest BCUT2D eigenvalue weighted by atomic mass is 35.5. The summed E-state index contributed by atoms with van der Waals surface area (Å²) in [5, 5.41) is 0.330. The van der Waals surface area contributed by atoms with Gasteiger partial charge in [0.05, 0.1) is 5.03 Å². The fourth-order valence-corrected chi connectivity index (χ4v) is 0.792. The molecule has 1 nitrogen and oxygen atoms in total. The van der Waals surface area contributed by atoms with E-state index >= 15 is 0 Å². The van der Waals surface area contributed by atoms with E-state index in [1.165, 1.54) is 12.8 Å². The maximum Gasteiger partial charge on any atom is 0.161 e. The monoisotopic (exact) mass is 160 g/mol. The van der Waals surface area contributed by atoms with Gasteiger partial charge in [-0.05, 0) is 12.8 Å². The van der Waals surface area contributed by atoms with Gasteiger partial charge in [0, 0.05) is 0 Å². The van der Waals surface area contributed by atoms with E-state index in [-0.39, 0.29) is 0 Å². The smallest absolute Gasteiger partial charge is 0.161 e. The number of aldehydes is 1. The Balaban J connectivity index is 3.24. The average Bonchev–Trinajstić information content (AvgIpc) is 1.98. The quantitative estimate of drug-likeness (QED) is 0.343. The van der Waals surface area contributed by atoms with Gasteiger partial charge >= 0.3 is 0 Å². The maximum absolute atomic E-state index is 9.97. The molecule has 58 valence electrons. The summed E-state index contributed by atoms with van der Waals surface area (Å²) >= 11 is 5.44. The first kappa shape index (κ1) is 9.70. The van der Waals surface area contributed by atoms with Crippen LogP contribution in [0.5, 0.6) is 0 Å². The second-order valence-electron chi connectivity index (χ2n) is 2.20. The first-order valence-electron chi connectivity index (χ1n) is 3.62. The lowest BCUT2D eigenvalue weighted by Gasteiger charge is -1.90. The highest BCUT2D eigenvalue weighted by molar-refractivity contribution is 6.38. The summed E-state index contributed by atoms with van der Waals surface area (Å²) < 4.78 is 0. The molecule has 0 rings (SSSR count). The molecule has 0 aliphatic rings. The molecular weight excluding hydrogens is 148 g/mol. The van der Waals surface area contributed by atoms with Gasteiger partial charge in [0.1, 0.15) is 0 Å². The maximum atomic E-state index is 9.97. The van der Waals surface area contributed by atoms with Crippen molar-refractivity contribution >= 4 is 17.9 Å². The molecule has 2 heteroatoms. The summed E-state index contributed by atoms with van der Waals surface area (Å²) in [5.41, 5.74) is 0. The Kier molecular flexibility index (Phi) is 6.61. The van der Waals surface area contributed by atoms with E-state index in [2.05, 4.69) is 6.92 Å². The molecule has 0 aliphatic heterocycles. The number of allylic oxidation sites excluding steroid dienone is 2. The van der Waals surface area contributed by atoms with Crippen LogP contribution in [0.15, 0.2) is 11.1 Å². The summed E-state index contributed by atoms with van der Waals surface area (Å²) in [6.07, 6.45) is 6.90. The molecular formula is C8H13ClO. The number of hydrogen-bond acceptors (Lipinski definition) is 1. The van der Waals surface area contributed by atoms with Crippen LogP contribution in [0.1, 0.15) is 32.6 Å². The Bertz CT molecular complexity index is 118. The van der Waals surface area contributed by atoms with Crippen LogP contribution in [-0.2, 0) is 4.79 Å². The highest BCUT2D eigenvalue weighted by Gasteiger charge is 1.86. The van der Waals surface area contributed by atoms with Crippen LogP contribution >= 0.6 is 11.6 Å². The van der Waals surface area contributed by atoms with Gasteiger partial charge in [0.25, 0.3) is 0 Å². The highest BCUT2D eigenvalue weighted by Crippen LogP contribution is 2.04. The van der Waals surface area contributed by atoms with Crippen molar-refractivity contribution < 1.29 is 4.79 Å². The van der Waals surface area contributed by atoms with E-state index < -0.39 is 0 Å². The lowest BCUT2D eigenvalue weighted by atomic mass is 10.2. The second kappa shape index (κ2) is 6.81. The molecule has 0 bridgehead atoms. The summed E-state index contributed by atoms with van der Waals surface area (Å²) in [6, 6.07) is 0. The summed E-state index contributed by atoms with van der Waals surface area (Å²) in [6.45, 7) is 2.14. The number of carbonyl (C=O) groups is 1. The molecule has 0 aliphatic carbocycles. The molecule has 0 saturated carbocycles. The van der Waals surface area contributed by atoms with Crippen molar-refractivity contribution in [2.75, 3.05) is 0 Å². The van der Waals surface area contributed by atoms with E-state index in [0.717, 1.165) is 12.8 Å². The van der Waals surface area contributed by atoms with Crippen molar-refractivity contribution in [1.29, 1.82) is 0 Å². The van der Waals surface area contributed by atoms with Gasteiger partial charge in [-0.15, -0.1) is 0 Å². The molecule has 0 N–H and O–H groups in total. The Morgan fingerprint density at radius 3 is 2.70 bits per heavy atom. The van der Waals surface area contributed by atoms with Crippen molar-refractivity contribution in [3.05, 3.63) is 11.1 Å². The van der Waals surface area contributed by atoms with Gasteiger partial charge in [-0.2, -0.15) is 0 Å². The van der Waals surface area contributed by atoms with Crippen molar-refractivity contribution in [2.24, 2.45) is 0 Å². The van der Waals surface area contributed by atoms with Crippen LogP contribution < -0.4 is 0 Å². The van der Waals surface area contributed by atoms with Crippen LogP contribution in [0.3, 0.4) is 0 Å². The third-order valence-corrected chi connectivity index (χ3v) is 1.50. The van der Waals surface area contributed by atoms with Crippen LogP contribution in [0.2, 0.25) is 0 Å². The molecule has 0 spiro atoms. The van der Waals surface area contributed by atoms with Gasteiger partial charge < -0.3 is 0 Å². The Labute approximate surface area is 67.1 Å². The van der Waals surface area contributed by atoms with E-state index in [1.54, 1.807) is 6.08 Å². The first-order valence-corrected chi connectivity index (χ1v) is 4.00. The summed E-state index contributed by atoms with van der Waals surface area (Å²) in [4.78, 5) is 9.97. The average molecular weight is 161 g/mol. The number of rotatable bonds is 5. The van der Waals surface area contributed by atoms with Crippen LogP contribution in [0.25, 0.3) is 0 Å². The van der Waals surface area contributed by atoms with Gasteiger partial charge in [-0.25, -0.2) is 0 Å². The molecule has 0 amide bonds. The fraction of sp³-hybridized carbons (Fsp3) is 0.625. The number of halogens is 1. The third kappa shape index (κ3) is 5.83. The van der Waals surface area contributed by atoms with Crippen LogP contribution in [0.4, 0.5) is 0 Å². The molecule has 0 saturated heterocycles. The number of carbonyl (C=O) groups excluding carboxylic acids is 1. The van der Waals surface area contributed by atoms with Gasteiger partial charge in [0.15, 0.2) is 6.29 Å². The van der Waals surface area contributed by atoms with Crippen LogP contribution in [-0.4, -0.2) is 6.29 Å². The molecule has 0 atom stereocenters. The minimum absolute atomic E-state index is 0.330. The lowest BCUT2D eigenvalue weighted by Crippen LogP contribution is -1.74. The molecule has 0 fully saturated rings. The van der Waals surface area contributed by atoms with Crippen LogP contribution in [0, 0.1) is 0 Å². The first-order chi connectivity index (χ1) is 4.81. The second-order valence-corrected chi connectivity index (χ2v) is 2.64. The molecule has 10 heavy (non-hydrogen) atoms. The van der Waals surface area contributed by atoms with Crippen molar-refractivity contribution in [2.45, 2.75) is 32.6 Å². The molecule has 0 aromatic carbocycles. The molecule has 0 radical (unpaired) electrons.